The van der Waals surface area contributed by atoms with E-state index in [1.807, 2.05) is 29.2 Å². The predicted octanol–water partition coefficient (Wildman–Crippen LogP) is 3.75. The van der Waals surface area contributed by atoms with Crippen molar-refractivity contribution >= 4 is 5.91 Å². The first-order valence-corrected chi connectivity index (χ1v) is 8.38. The van der Waals surface area contributed by atoms with Crippen LogP contribution in [0.2, 0.25) is 0 Å². The van der Waals surface area contributed by atoms with Crippen molar-refractivity contribution in [2.75, 3.05) is 20.8 Å². The molecule has 0 radical (unpaired) electrons. The van der Waals surface area contributed by atoms with Crippen LogP contribution in [0.25, 0.3) is 0 Å². The highest BCUT2D eigenvalue weighted by atomic mass is 19.1. The fourth-order valence-electron chi connectivity index (χ4n) is 3.33. The topological polar surface area (TPSA) is 38.8 Å². The second kappa shape index (κ2) is 7.55. The van der Waals surface area contributed by atoms with Crippen LogP contribution < -0.4 is 9.47 Å². The molecule has 1 heterocycles. The van der Waals surface area contributed by atoms with Gasteiger partial charge in [0, 0.05) is 6.54 Å². The molecule has 0 N–H and O–H groups in total. The molecular weight excluding hydrogens is 321 g/mol. The zero-order chi connectivity index (χ0) is 17.8. The number of carbonyl (C=O) groups excluding carboxylic acids is 1. The van der Waals surface area contributed by atoms with Crippen molar-refractivity contribution in [1.29, 1.82) is 0 Å². The molecule has 1 aliphatic heterocycles. The van der Waals surface area contributed by atoms with Gasteiger partial charge in [0.05, 0.1) is 26.7 Å². The lowest BCUT2D eigenvalue weighted by molar-refractivity contribution is -0.131. The lowest BCUT2D eigenvalue weighted by Gasteiger charge is -2.25. The minimum absolute atomic E-state index is 0.0166. The summed E-state index contributed by atoms with van der Waals surface area (Å²) in [6, 6.07) is 12.6. The molecular formula is C20H22FNO3. The number of likely N-dealkylation sites (tertiary alicyclic amines) is 1. The highest BCUT2D eigenvalue weighted by Gasteiger charge is 2.29. The summed E-state index contributed by atoms with van der Waals surface area (Å²) in [4.78, 5) is 14.6. The number of ether oxygens (including phenoxy) is 2. The highest BCUT2D eigenvalue weighted by molar-refractivity contribution is 5.79. The van der Waals surface area contributed by atoms with Crippen molar-refractivity contribution in [2.45, 2.75) is 25.3 Å². The van der Waals surface area contributed by atoms with Gasteiger partial charge in [-0.15, -0.1) is 0 Å². The Bertz CT molecular complexity index is 745. The van der Waals surface area contributed by atoms with E-state index >= 15 is 0 Å². The monoisotopic (exact) mass is 343 g/mol. The number of rotatable bonds is 5. The van der Waals surface area contributed by atoms with E-state index in [-0.39, 0.29) is 24.1 Å². The van der Waals surface area contributed by atoms with Crippen LogP contribution in [0.1, 0.15) is 30.0 Å². The zero-order valence-corrected chi connectivity index (χ0v) is 14.5. The molecule has 0 bridgehead atoms. The smallest absolute Gasteiger partial charge is 0.227 e. The van der Waals surface area contributed by atoms with Crippen LogP contribution in [-0.2, 0) is 11.2 Å². The molecule has 0 saturated carbocycles. The van der Waals surface area contributed by atoms with E-state index in [2.05, 4.69) is 0 Å². The normalized spacial score (nSPS) is 16.8. The van der Waals surface area contributed by atoms with Crippen molar-refractivity contribution in [3.8, 4) is 11.5 Å². The molecule has 1 saturated heterocycles. The van der Waals surface area contributed by atoms with Crippen molar-refractivity contribution in [1.82, 2.24) is 4.90 Å². The third kappa shape index (κ3) is 3.76. The average molecular weight is 343 g/mol. The summed E-state index contributed by atoms with van der Waals surface area (Å²) in [7, 11) is 3.06. The molecule has 25 heavy (non-hydrogen) atoms. The lowest BCUT2D eigenvalue weighted by Crippen LogP contribution is -2.31. The number of carbonyl (C=O) groups is 1. The maximum Gasteiger partial charge on any atom is 0.227 e. The van der Waals surface area contributed by atoms with Gasteiger partial charge in [0.2, 0.25) is 5.91 Å². The SMILES string of the molecule is COc1ccc(C2CCCN2C(=O)Cc2ccc(OC)c(F)c2)cc1. The Kier molecular flexibility index (Phi) is 5.22. The molecule has 4 nitrogen and oxygen atoms in total. The van der Waals surface area contributed by atoms with Crippen LogP contribution in [0, 0.1) is 5.82 Å². The molecule has 1 unspecified atom stereocenters. The third-order valence-electron chi connectivity index (χ3n) is 4.65. The highest BCUT2D eigenvalue weighted by Crippen LogP contribution is 2.33. The first-order chi connectivity index (χ1) is 12.1. The summed E-state index contributed by atoms with van der Waals surface area (Å²) in [5, 5.41) is 0. The van der Waals surface area contributed by atoms with Gasteiger partial charge in [0.15, 0.2) is 11.6 Å². The van der Waals surface area contributed by atoms with Gasteiger partial charge >= 0.3 is 0 Å². The molecule has 0 aliphatic carbocycles. The molecule has 2 aromatic carbocycles. The van der Waals surface area contributed by atoms with Gasteiger partial charge in [-0.3, -0.25) is 4.79 Å². The van der Waals surface area contributed by atoms with E-state index in [1.54, 1.807) is 19.2 Å². The minimum atomic E-state index is -0.444. The van der Waals surface area contributed by atoms with Crippen molar-refractivity contribution in [3.05, 3.63) is 59.4 Å². The molecule has 1 aliphatic rings. The van der Waals surface area contributed by atoms with E-state index in [1.165, 1.54) is 13.2 Å². The maximum atomic E-state index is 13.8. The Hall–Kier alpha value is -2.56. The summed E-state index contributed by atoms with van der Waals surface area (Å²) in [5.74, 6) is 0.561. The van der Waals surface area contributed by atoms with Gasteiger partial charge in [0.1, 0.15) is 5.75 Å². The molecule has 0 spiro atoms. The molecule has 1 atom stereocenters. The van der Waals surface area contributed by atoms with E-state index in [4.69, 9.17) is 9.47 Å². The first-order valence-electron chi connectivity index (χ1n) is 8.38. The number of hydrogen-bond acceptors (Lipinski definition) is 3. The summed E-state index contributed by atoms with van der Waals surface area (Å²) in [6.45, 7) is 0.730. The van der Waals surface area contributed by atoms with Crippen molar-refractivity contribution in [3.63, 3.8) is 0 Å². The quantitative estimate of drug-likeness (QED) is 0.830. The first kappa shape index (κ1) is 17.3. The predicted molar refractivity (Wildman–Crippen MR) is 93.3 cm³/mol. The van der Waals surface area contributed by atoms with Gasteiger partial charge in [-0.2, -0.15) is 0 Å². The number of benzene rings is 2. The lowest BCUT2D eigenvalue weighted by atomic mass is 10.0. The number of amides is 1. The van der Waals surface area contributed by atoms with Gasteiger partial charge in [-0.1, -0.05) is 18.2 Å². The Morgan fingerprint density at radius 2 is 1.92 bits per heavy atom. The second-order valence-electron chi connectivity index (χ2n) is 6.16. The largest absolute Gasteiger partial charge is 0.497 e. The Morgan fingerprint density at radius 1 is 1.16 bits per heavy atom. The molecule has 1 amide bonds. The number of hydrogen-bond donors (Lipinski definition) is 0. The van der Waals surface area contributed by atoms with Crippen molar-refractivity contribution in [2.24, 2.45) is 0 Å². The van der Waals surface area contributed by atoms with Crippen molar-refractivity contribution < 1.29 is 18.7 Å². The summed E-state index contributed by atoms with van der Waals surface area (Å²) in [6.07, 6.45) is 2.10. The second-order valence-corrected chi connectivity index (χ2v) is 6.16. The van der Waals surface area contributed by atoms with Crippen LogP contribution in [0.4, 0.5) is 4.39 Å². The molecule has 2 aromatic rings. The van der Waals surface area contributed by atoms with Crippen LogP contribution in [0.3, 0.4) is 0 Å². The van der Waals surface area contributed by atoms with E-state index in [0.717, 1.165) is 30.7 Å². The molecule has 3 rings (SSSR count). The van der Waals surface area contributed by atoms with Gasteiger partial charge in [0.25, 0.3) is 0 Å². The van der Waals surface area contributed by atoms with Gasteiger partial charge in [-0.25, -0.2) is 4.39 Å². The Morgan fingerprint density at radius 3 is 2.56 bits per heavy atom. The van der Waals surface area contributed by atoms with Crippen LogP contribution in [0.15, 0.2) is 42.5 Å². The molecule has 132 valence electrons. The van der Waals surface area contributed by atoms with Crippen LogP contribution in [-0.4, -0.2) is 31.6 Å². The molecule has 1 fully saturated rings. The standard InChI is InChI=1S/C20H22FNO3/c1-24-16-8-6-15(7-9-16)18-4-3-11-22(18)20(23)13-14-5-10-19(25-2)17(21)12-14/h5-10,12,18H,3-4,11,13H2,1-2H3. The maximum absolute atomic E-state index is 13.8. The average Bonchev–Trinajstić information content (AvgIpc) is 3.12. The van der Waals surface area contributed by atoms with E-state index in [9.17, 15) is 9.18 Å². The fraction of sp³-hybridized carbons (Fsp3) is 0.350. The fourth-order valence-corrected chi connectivity index (χ4v) is 3.33. The minimum Gasteiger partial charge on any atom is -0.497 e. The summed E-state index contributed by atoms with van der Waals surface area (Å²) < 4.78 is 23.9. The number of methoxy groups -OCH3 is 2. The number of halogens is 1. The van der Waals surface area contributed by atoms with Crippen LogP contribution >= 0.6 is 0 Å². The Balaban J connectivity index is 1.72. The number of nitrogens with zero attached hydrogens (tertiary/aromatic N) is 1. The Labute approximate surface area is 147 Å². The van der Waals surface area contributed by atoms with E-state index < -0.39 is 5.82 Å². The van der Waals surface area contributed by atoms with Gasteiger partial charge in [-0.05, 0) is 48.2 Å². The summed E-state index contributed by atoms with van der Waals surface area (Å²) >= 11 is 0. The molecule has 0 aromatic heterocycles. The third-order valence-corrected chi connectivity index (χ3v) is 4.65. The van der Waals surface area contributed by atoms with Gasteiger partial charge < -0.3 is 14.4 Å². The summed E-state index contributed by atoms with van der Waals surface area (Å²) in [5.41, 5.74) is 1.76. The zero-order valence-electron chi connectivity index (χ0n) is 14.5. The van der Waals surface area contributed by atoms with E-state index in [0.29, 0.717) is 5.56 Å². The molecule has 5 heteroatoms. The van der Waals surface area contributed by atoms with Crippen LogP contribution in [0.5, 0.6) is 11.5 Å².